The van der Waals surface area contributed by atoms with Gasteiger partial charge < -0.3 is 4.74 Å². The van der Waals surface area contributed by atoms with Crippen LogP contribution in [0.25, 0.3) is 0 Å². The van der Waals surface area contributed by atoms with Crippen molar-refractivity contribution in [2.75, 3.05) is 25.4 Å². The summed E-state index contributed by atoms with van der Waals surface area (Å²) < 4.78 is 29.5. The van der Waals surface area contributed by atoms with Gasteiger partial charge in [-0.15, -0.1) is 0 Å². The standard InChI is InChI=1S/C9H16N2O5S/c1-7(2)16-3-4-17(14,15)11-5-8(12)10-9(13)6-11/h7H,3-6H2,1-2H3,(H,10,12,13). The van der Waals surface area contributed by atoms with Gasteiger partial charge in [0.1, 0.15) is 0 Å². The summed E-state index contributed by atoms with van der Waals surface area (Å²) in [6.45, 7) is 3.02. The lowest BCUT2D eigenvalue weighted by molar-refractivity contribution is -0.134. The highest BCUT2D eigenvalue weighted by Crippen LogP contribution is 2.05. The van der Waals surface area contributed by atoms with Crippen molar-refractivity contribution in [3.63, 3.8) is 0 Å². The smallest absolute Gasteiger partial charge is 0.241 e. The molecule has 98 valence electrons. The molecule has 0 aromatic heterocycles. The molecule has 17 heavy (non-hydrogen) atoms. The third kappa shape index (κ3) is 4.41. The molecule has 0 aliphatic carbocycles. The molecular weight excluding hydrogens is 248 g/mol. The lowest BCUT2D eigenvalue weighted by Gasteiger charge is -2.24. The van der Waals surface area contributed by atoms with E-state index in [4.69, 9.17) is 4.74 Å². The fraction of sp³-hybridized carbons (Fsp3) is 0.778. The first-order valence-electron chi connectivity index (χ1n) is 5.23. The lowest BCUT2D eigenvalue weighted by Crippen LogP contribution is -2.53. The minimum atomic E-state index is -3.62. The highest BCUT2D eigenvalue weighted by molar-refractivity contribution is 7.89. The molecule has 0 unspecified atom stereocenters. The highest BCUT2D eigenvalue weighted by atomic mass is 32.2. The van der Waals surface area contributed by atoms with Gasteiger partial charge in [-0.2, -0.15) is 4.31 Å². The van der Waals surface area contributed by atoms with Crippen LogP contribution in [0, 0.1) is 0 Å². The van der Waals surface area contributed by atoms with Crippen LogP contribution in [0.15, 0.2) is 0 Å². The van der Waals surface area contributed by atoms with Crippen LogP contribution in [-0.2, 0) is 24.3 Å². The van der Waals surface area contributed by atoms with Gasteiger partial charge in [0.2, 0.25) is 21.8 Å². The molecular formula is C9H16N2O5S. The van der Waals surface area contributed by atoms with Gasteiger partial charge in [0.05, 0.1) is 31.6 Å². The van der Waals surface area contributed by atoms with E-state index in [0.717, 1.165) is 4.31 Å². The molecule has 1 N–H and O–H groups in total. The summed E-state index contributed by atoms with van der Waals surface area (Å²) in [6, 6.07) is 0. The SMILES string of the molecule is CC(C)OCCS(=O)(=O)N1CC(=O)NC(=O)C1. The number of sulfonamides is 1. The number of rotatable bonds is 5. The van der Waals surface area contributed by atoms with E-state index in [1.807, 2.05) is 5.32 Å². The van der Waals surface area contributed by atoms with Crippen LogP contribution in [0.4, 0.5) is 0 Å². The van der Waals surface area contributed by atoms with Crippen LogP contribution < -0.4 is 5.32 Å². The molecule has 1 saturated heterocycles. The maximum absolute atomic E-state index is 11.8. The molecule has 0 bridgehead atoms. The largest absolute Gasteiger partial charge is 0.378 e. The van der Waals surface area contributed by atoms with Crippen LogP contribution in [0.5, 0.6) is 0 Å². The molecule has 1 aliphatic heterocycles. The summed E-state index contributed by atoms with van der Waals surface area (Å²) in [5, 5.41) is 2.04. The van der Waals surface area contributed by atoms with Crippen molar-refractivity contribution in [1.29, 1.82) is 0 Å². The molecule has 8 heteroatoms. The zero-order chi connectivity index (χ0) is 13.1. The Balaban J connectivity index is 2.57. The molecule has 0 radical (unpaired) electrons. The number of nitrogens with one attached hydrogen (secondary N) is 1. The number of hydrogen-bond acceptors (Lipinski definition) is 5. The van der Waals surface area contributed by atoms with E-state index in [0.29, 0.717) is 0 Å². The molecule has 0 saturated carbocycles. The van der Waals surface area contributed by atoms with Crippen LogP contribution in [0.3, 0.4) is 0 Å². The van der Waals surface area contributed by atoms with Gasteiger partial charge in [-0.25, -0.2) is 8.42 Å². The molecule has 0 aromatic rings. The predicted molar refractivity (Wildman–Crippen MR) is 59.6 cm³/mol. The Morgan fingerprint density at radius 1 is 1.29 bits per heavy atom. The fourth-order valence-corrected chi connectivity index (χ4v) is 2.52. The average Bonchev–Trinajstić information content (AvgIpc) is 2.14. The number of amides is 2. The Morgan fingerprint density at radius 3 is 2.29 bits per heavy atom. The Kier molecular flexibility index (Phi) is 4.61. The second-order valence-corrected chi connectivity index (χ2v) is 6.06. The minimum absolute atomic E-state index is 0.0479. The topological polar surface area (TPSA) is 92.8 Å². The molecule has 2 amide bonds. The number of carbonyl (C=O) groups is 2. The molecule has 1 rings (SSSR count). The quantitative estimate of drug-likeness (QED) is 0.623. The highest BCUT2D eigenvalue weighted by Gasteiger charge is 2.31. The third-order valence-corrected chi connectivity index (χ3v) is 3.83. The first-order valence-corrected chi connectivity index (χ1v) is 6.84. The van der Waals surface area contributed by atoms with Crippen LogP contribution in [0.2, 0.25) is 0 Å². The Bertz CT molecular complexity index is 388. The number of nitrogens with zero attached hydrogens (tertiary/aromatic N) is 1. The summed E-state index contributed by atoms with van der Waals surface area (Å²) in [7, 11) is -3.62. The van der Waals surface area contributed by atoms with Crippen molar-refractivity contribution in [2.24, 2.45) is 0 Å². The van der Waals surface area contributed by atoms with Crippen molar-refractivity contribution in [3.05, 3.63) is 0 Å². The average molecular weight is 264 g/mol. The third-order valence-electron chi connectivity index (χ3n) is 2.10. The molecule has 0 spiro atoms. The fourth-order valence-electron chi connectivity index (χ4n) is 1.33. The van der Waals surface area contributed by atoms with Gasteiger partial charge in [0.25, 0.3) is 0 Å². The van der Waals surface area contributed by atoms with E-state index in [9.17, 15) is 18.0 Å². The van der Waals surface area contributed by atoms with E-state index >= 15 is 0 Å². The van der Waals surface area contributed by atoms with Gasteiger partial charge in [-0.05, 0) is 13.8 Å². The number of piperazine rings is 1. The summed E-state index contributed by atoms with van der Waals surface area (Å²) >= 11 is 0. The zero-order valence-electron chi connectivity index (χ0n) is 9.80. The molecule has 1 heterocycles. The normalized spacial score (nSPS) is 18.5. The minimum Gasteiger partial charge on any atom is -0.378 e. The van der Waals surface area contributed by atoms with E-state index in [-0.39, 0.29) is 31.6 Å². The van der Waals surface area contributed by atoms with Crippen LogP contribution >= 0.6 is 0 Å². The zero-order valence-corrected chi connectivity index (χ0v) is 10.6. The second-order valence-electron chi connectivity index (χ2n) is 3.97. The number of carbonyl (C=O) groups excluding carboxylic acids is 2. The lowest BCUT2D eigenvalue weighted by atomic mass is 10.4. The summed E-state index contributed by atoms with van der Waals surface area (Å²) in [4.78, 5) is 22.1. The van der Waals surface area contributed by atoms with Gasteiger partial charge in [0.15, 0.2) is 0 Å². The molecule has 7 nitrogen and oxygen atoms in total. The first-order chi connectivity index (χ1) is 7.81. The van der Waals surface area contributed by atoms with Gasteiger partial charge >= 0.3 is 0 Å². The number of imide groups is 1. The van der Waals surface area contributed by atoms with Gasteiger partial charge in [-0.1, -0.05) is 0 Å². The van der Waals surface area contributed by atoms with Gasteiger partial charge in [0, 0.05) is 0 Å². The Labute approximate surface area is 100 Å². The maximum Gasteiger partial charge on any atom is 0.241 e. The van der Waals surface area contributed by atoms with E-state index < -0.39 is 21.8 Å². The van der Waals surface area contributed by atoms with Crippen molar-refractivity contribution >= 4 is 21.8 Å². The predicted octanol–water partition coefficient (Wildman–Crippen LogP) is -1.30. The summed E-state index contributed by atoms with van der Waals surface area (Å²) in [6.07, 6.45) is -0.0588. The van der Waals surface area contributed by atoms with Crippen LogP contribution in [0.1, 0.15) is 13.8 Å². The Morgan fingerprint density at radius 2 is 1.82 bits per heavy atom. The first kappa shape index (κ1) is 14.1. The van der Waals surface area contributed by atoms with Gasteiger partial charge in [-0.3, -0.25) is 14.9 Å². The number of hydrogen-bond donors (Lipinski definition) is 1. The summed E-state index contributed by atoms with van der Waals surface area (Å²) in [5.41, 5.74) is 0. The van der Waals surface area contributed by atoms with Crippen molar-refractivity contribution in [2.45, 2.75) is 20.0 Å². The van der Waals surface area contributed by atoms with Crippen molar-refractivity contribution in [3.8, 4) is 0 Å². The molecule has 1 fully saturated rings. The van der Waals surface area contributed by atoms with Crippen molar-refractivity contribution in [1.82, 2.24) is 9.62 Å². The van der Waals surface area contributed by atoms with E-state index in [1.165, 1.54) is 0 Å². The van der Waals surface area contributed by atoms with E-state index in [1.54, 1.807) is 13.8 Å². The van der Waals surface area contributed by atoms with Crippen molar-refractivity contribution < 1.29 is 22.7 Å². The van der Waals surface area contributed by atoms with Crippen LogP contribution in [-0.4, -0.2) is 56.1 Å². The maximum atomic E-state index is 11.8. The molecule has 1 aliphatic rings. The number of ether oxygens (including phenoxy) is 1. The summed E-state index contributed by atoms with van der Waals surface area (Å²) in [5.74, 6) is -1.43. The molecule has 0 atom stereocenters. The second kappa shape index (κ2) is 5.56. The van der Waals surface area contributed by atoms with E-state index in [2.05, 4.69) is 0 Å². The molecule has 0 aromatic carbocycles. The Hall–Kier alpha value is -0.990. The monoisotopic (exact) mass is 264 g/mol.